The van der Waals surface area contributed by atoms with E-state index in [9.17, 15) is 0 Å². The maximum absolute atomic E-state index is 5.38. The molecule has 3 rings (SSSR count). The number of nitrogens with zero attached hydrogens (tertiary/aromatic N) is 5. The van der Waals surface area contributed by atoms with E-state index in [1.54, 1.807) is 11.8 Å². The molecule has 7 heteroatoms. The molecule has 0 amide bonds. The van der Waals surface area contributed by atoms with Gasteiger partial charge in [0.15, 0.2) is 0 Å². The molecule has 1 fully saturated rings. The van der Waals surface area contributed by atoms with Crippen molar-refractivity contribution >= 4 is 11.8 Å². The molecule has 0 atom stereocenters. The largest absolute Gasteiger partial charge is 0.381 e. The quantitative estimate of drug-likeness (QED) is 0.803. The molecule has 0 bridgehead atoms. The maximum atomic E-state index is 5.38. The van der Waals surface area contributed by atoms with Crippen LogP contribution in [0.2, 0.25) is 0 Å². The molecule has 1 aliphatic rings. The van der Waals surface area contributed by atoms with Crippen LogP contribution in [0.15, 0.2) is 23.5 Å². The summed E-state index contributed by atoms with van der Waals surface area (Å²) in [5.74, 6) is 0.788. The zero-order valence-electron chi connectivity index (χ0n) is 11.4. The van der Waals surface area contributed by atoms with Crippen LogP contribution < -0.4 is 0 Å². The van der Waals surface area contributed by atoms with Crippen molar-refractivity contribution in [3.63, 3.8) is 0 Å². The summed E-state index contributed by atoms with van der Waals surface area (Å²) in [6.07, 6.45) is 3.77. The van der Waals surface area contributed by atoms with E-state index in [1.807, 2.05) is 16.9 Å². The molecule has 0 N–H and O–H groups in total. The summed E-state index contributed by atoms with van der Waals surface area (Å²) < 4.78 is 7.32. The van der Waals surface area contributed by atoms with Gasteiger partial charge in [-0.2, -0.15) is 0 Å². The van der Waals surface area contributed by atoms with E-state index in [-0.39, 0.29) is 0 Å². The summed E-state index contributed by atoms with van der Waals surface area (Å²) in [5.41, 5.74) is 2.28. The first-order chi connectivity index (χ1) is 9.84. The first-order valence-corrected chi connectivity index (χ1v) is 7.72. The Balaban J connectivity index is 1.69. The first-order valence-electron chi connectivity index (χ1n) is 6.73. The van der Waals surface area contributed by atoms with Crippen LogP contribution in [-0.4, -0.2) is 38.4 Å². The summed E-state index contributed by atoms with van der Waals surface area (Å²) in [6.45, 7) is 3.65. The molecule has 0 spiro atoms. The number of rotatable bonds is 4. The molecule has 6 nitrogen and oxygen atoms in total. The summed E-state index contributed by atoms with van der Waals surface area (Å²) in [6, 6.07) is 4.38. The second kappa shape index (κ2) is 6.32. The third-order valence-electron chi connectivity index (χ3n) is 3.46. The van der Waals surface area contributed by atoms with Crippen molar-refractivity contribution in [2.45, 2.75) is 36.7 Å². The van der Waals surface area contributed by atoms with Gasteiger partial charge in [0.1, 0.15) is 0 Å². The smallest absolute Gasteiger partial charge is 0.209 e. The number of pyridine rings is 1. The monoisotopic (exact) mass is 291 g/mol. The molecule has 2 aromatic heterocycles. The molecule has 0 saturated carbocycles. The van der Waals surface area contributed by atoms with Crippen LogP contribution in [0.25, 0.3) is 0 Å². The number of tetrazole rings is 1. The number of aromatic nitrogens is 5. The fraction of sp³-hybridized carbons (Fsp3) is 0.538. The second-order valence-corrected chi connectivity index (χ2v) is 5.75. The van der Waals surface area contributed by atoms with Crippen LogP contribution in [0.5, 0.6) is 0 Å². The summed E-state index contributed by atoms with van der Waals surface area (Å²) in [7, 11) is 0. The molecule has 1 aliphatic heterocycles. The maximum Gasteiger partial charge on any atom is 0.209 e. The van der Waals surface area contributed by atoms with Crippen LogP contribution in [0.1, 0.15) is 30.1 Å². The molecule has 0 unspecified atom stereocenters. The Morgan fingerprint density at radius 2 is 2.25 bits per heavy atom. The lowest BCUT2D eigenvalue weighted by Gasteiger charge is -2.22. The van der Waals surface area contributed by atoms with E-state index in [0.29, 0.717) is 6.04 Å². The van der Waals surface area contributed by atoms with Crippen LogP contribution in [0.4, 0.5) is 0 Å². The minimum atomic E-state index is 0.353. The van der Waals surface area contributed by atoms with Gasteiger partial charge in [0.25, 0.3) is 0 Å². The van der Waals surface area contributed by atoms with Gasteiger partial charge in [-0.05, 0) is 41.8 Å². The molecule has 0 aliphatic carbocycles. The van der Waals surface area contributed by atoms with Gasteiger partial charge in [-0.25, -0.2) is 4.68 Å². The zero-order chi connectivity index (χ0) is 13.8. The van der Waals surface area contributed by atoms with Crippen LogP contribution in [0.3, 0.4) is 0 Å². The molecular formula is C13H17N5OS. The highest BCUT2D eigenvalue weighted by molar-refractivity contribution is 7.98. The van der Waals surface area contributed by atoms with E-state index >= 15 is 0 Å². The first kappa shape index (κ1) is 13.5. The second-order valence-electron chi connectivity index (χ2n) is 4.81. The number of aryl methyl sites for hydroxylation is 1. The van der Waals surface area contributed by atoms with Gasteiger partial charge in [0.05, 0.1) is 11.7 Å². The summed E-state index contributed by atoms with van der Waals surface area (Å²) in [5, 5.41) is 12.9. The molecule has 106 valence electrons. The molecule has 0 aromatic carbocycles. The fourth-order valence-electron chi connectivity index (χ4n) is 2.24. The molecule has 3 heterocycles. The highest BCUT2D eigenvalue weighted by Crippen LogP contribution is 2.27. The van der Waals surface area contributed by atoms with Crippen LogP contribution in [-0.2, 0) is 10.5 Å². The average Bonchev–Trinajstić information content (AvgIpc) is 2.96. The molecule has 20 heavy (non-hydrogen) atoms. The lowest BCUT2D eigenvalue weighted by molar-refractivity contribution is 0.0631. The Hall–Kier alpha value is -1.47. The van der Waals surface area contributed by atoms with E-state index in [4.69, 9.17) is 4.74 Å². The van der Waals surface area contributed by atoms with Crippen molar-refractivity contribution in [1.82, 2.24) is 25.2 Å². The number of thioether (sulfide) groups is 1. The van der Waals surface area contributed by atoms with Crippen molar-refractivity contribution < 1.29 is 4.74 Å². The van der Waals surface area contributed by atoms with Crippen molar-refractivity contribution in [2.24, 2.45) is 0 Å². The molecule has 1 saturated heterocycles. The SMILES string of the molecule is Cc1cccnc1CSc1nnnn1C1CCOCC1. The van der Waals surface area contributed by atoms with Gasteiger partial charge in [-0.3, -0.25) is 4.98 Å². The summed E-state index contributed by atoms with van der Waals surface area (Å²) in [4.78, 5) is 4.40. The van der Waals surface area contributed by atoms with Gasteiger partial charge < -0.3 is 4.74 Å². The summed E-state index contributed by atoms with van der Waals surface area (Å²) >= 11 is 1.64. The van der Waals surface area contributed by atoms with E-state index in [1.165, 1.54) is 5.56 Å². The minimum Gasteiger partial charge on any atom is -0.381 e. The van der Waals surface area contributed by atoms with Gasteiger partial charge in [-0.15, -0.1) is 5.10 Å². The Morgan fingerprint density at radius 3 is 3.05 bits per heavy atom. The zero-order valence-corrected chi connectivity index (χ0v) is 12.2. The third kappa shape index (κ3) is 2.99. The topological polar surface area (TPSA) is 65.7 Å². The predicted molar refractivity (Wildman–Crippen MR) is 75.4 cm³/mol. The average molecular weight is 291 g/mol. The van der Waals surface area contributed by atoms with Gasteiger partial charge >= 0.3 is 0 Å². The standard InChI is InChI=1S/C13H17N5OS/c1-10-3-2-6-14-12(10)9-20-13-15-16-17-18(13)11-4-7-19-8-5-11/h2-3,6,11H,4-5,7-9H2,1H3. The van der Waals surface area contributed by atoms with E-state index in [0.717, 1.165) is 42.7 Å². The van der Waals surface area contributed by atoms with Crippen LogP contribution >= 0.6 is 11.8 Å². The highest BCUT2D eigenvalue weighted by Gasteiger charge is 2.20. The Bertz CT molecular complexity index is 567. The lowest BCUT2D eigenvalue weighted by atomic mass is 10.1. The molecular weight excluding hydrogens is 274 g/mol. The normalized spacial score (nSPS) is 16.4. The van der Waals surface area contributed by atoms with Crippen molar-refractivity contribution in [1.29, 1.82) is 0 Å². The van der Waals surface area contributed by atoms with Crippen molar-refractivity contribution in [2.75, 3.05) is 13.2 Å². The number of hydrogen-bond donors (Lipinski definition) is 0. The Morgan fingerprint density at radius 1 is 1.40 bits per heavy atom. The van der Waals surface area contributed by atoms with Crippen molar-refractivity contribution in [3.05, 3.63) is 29.6 Å². The van der Waals surface area contributed by atoms with Gasteiger partial charge in [0.2, 0.25) is 5.16 Å². The number of hydrogen-bond acceptors (Lipinski definition) is 6. The van der Waals surface area contributed by atoms with Gasteiger partial charge in [0, 0.05) is 25.2 Å². The molecule has 2 aromatic rings. The minimum absolute atomic E-state index is 0.353. The van der Waals surface area contributed by atoms with E-state index in [2.05, 4.69) is 33.5 Å². The fourth-order valence-corrected chi connectivity index (χ4v) is 3.22. The Labute approximate surface area is 121 Å². The van der Waals surface area contributed by atoms with Crippen LogP contribution in [0, 0.1) is 6.92 Å². The highest BCUT2D eigenvalue weighted by atomic mass is 32.2. The lowest BCUT2D eigenvalue weighted by Crippen LogP contribution is -2.21. The molecule has 0 radical (unpaired) electrons. The van der Waals surface area contributed by atoms with E-state index < -0.39 is 0 Å². The number of ether oxygens (including phenoxy) is 1. The third-order valence-corrected chi connectivity index (χ3v) is 4.40. The van der Waals surface area contributed by atoms with Gasteiger partial charge in [-0.1, -0.05) is 17.8 Å². The predicted octanol–water partition coefficient (Wildman–Crippen LogP) is 2.02. The Kier molecular flexibility index (Phi) is 4.27. The van der Waals surface area contributed by atoms with Crippen molar-refractivity contribution in [3.8, 4) is 0 Å².